The maximum absolute atomic E-state index is 13.8. The normalized spacial score (nSPS) is 14.9. The third kappa shape index (κ3) is 6.18. The average Bonchev–Trinajstić information content (AvgIpc) is 2.73. The van der Waals surface area contributed by atoms with E-state index in [-0.39, 0.29) is 36.0 Å². The summed E-state index contributed by atoms with van der Waals surface area (Å²) in [5, 5.41) is 6.04. The fraction of sp³-hybridized carbons (Fsp3) is 0.364. The zero-order chi connectivity index (χ0) is 21.5. The summed E-state index contributed by atoms with van der Waals surface area (Å²) in [4.78, 5) is 26.5. The van der Waals surface area contributed by atoms with Gasteiger partial charge in [-0.05, 0) is 48.7 Å². The highest BCUT2D eigenvalue weighted by molar-refractivity contribution is 6.30. The molecule has 30 heavy (non-hydrogen) atoms. The molecule has 0 radical (unpaired) electrons. The maximum atomic E-state index is 13.8. The number of carbonyl (C=O) groups excluding carboxylic acids is 2. The molecule has 3 rings (SSSR count). The number of methoxy groups -OCH3 is 1. The molecule has 1 fully saturated rings. The van der Waals surface area contributed by atoms with Crippen molar-refractivity contribution in [1.82, 2.24) is 15.5 Å². The molecular formula is C22H25ClFN3O3. The van der Waals surface area contributed by atoms with Gasteiger partial charge in [0.25, 0.3) is 5.91 Å². The molecular weight excluding hydrogens is 409 g/mol. The Morgan fingerprint density at radius 3 is 2.63 bits per heavy atom. The molecule has 0 saturated carbocycles. The van der Waals surface area contributed by atoms with E-state index in [1.54, 1.807) is 30.3 Å². The number of carbonyl (C=O) groups is 2. The highest BCUT2D eigenvalue weighted by Crippen LogP contribution is 2.20. The van der Waals surface area contributed by atoms with Crippen LogP contribution in [0.3, 0.4) is 0 Å². The van der Waals surface area contributed by atoms with Gasteiger partial charge in [-0.25, -0.2) is 4.39 Å². The van der Waals surface area contributed by atoms with E-state index in [9.17, 15) is 14.0 Å². The quantitative estimate of drug-likeness (QED) is 0.704. The van der Waals surface area contributed by atoms with E-state index >= 15 is 0 Å². The van der Waals surface area contributed by atoms with Crippen molar-refractivity contribution in [2.45, 2.75) is 25.4 Å². The van der Waals surface area contributed by atoms with Gasteiger partial charge in [0.1, 0.15) is 0 Å². The van der Waals surface area contributed by atoms with Gasteiger partial charge in [-0.1, -0.05) is 23.7 Å². The zero-order valence-corrected chi connectivity index (χ0v) is 17.5. The topological polar surface area (TPSA) is 70.7 Å². The van der Waals surface area contributed by atoms with Crippen LogP contribution in [0.5, 0.6) is 5.75 Å². The van der Waals surface area contributed by atoms with Gasteiger partial charge in [0.15, 0.2) is 11.6 Å². The smallest absolute Gasteiger partial charge is 0.251 e. The first kappa shape index (κ1) is 22.1. The molecule has 8 heteroatoms. The van der Waals surface area contributed by atoms with Crippen LogP contribution in [-0.4, -0.2) is 49.5 Å². The van der Waals surface area contributed by atoms with Gasteiger partial charge >= 0.3 is 0 Å². The van der Waals surface area contributed by atoms with Crippen LogP contribution in [0.25, 0.3) is 0 Å². The second kappa shape index (κ2) is 10.4. The van der Waals surface area contributed by atoms with Crippen LogP contribution in [0.2, 0.25) is 5.02 Å². The highest BCUT2D eigenvalue weighted by atomic mass is 35.5. The van der Waals surface area contributed by atoms with E-state index in [4.69, 9.17) is 16.3 Å². The lowest BCUT2D eigenvalue weighted by molar-refractivity contribution is -0.121. The van der Waals surface area contributed by atoms with Gasteiger partial charge in [0.05, 0.1) is 13.7 Å². The van der Waals surface area contributed by atoms with Crippen LogP contribution in [-0.2, 0) is 11.3 Å². The monoisotopic (exact) mass is 433 g/mol. The van der Waals surface area contributed by atoms with Crippen LogP contribution in [0, 0.1) is 5.82 Å². The minimum Gasteiger partial charge on any atom is -0.494 e. The Morgan fingerprint density at radius 2 is 1.97 bits per heavy atom. The summed E-state index contributed by atoms with van der Waals surface area (Å²) in [7, 11) is 1.44. The molecule has 160 valence electrons. The van der Waals surface area contributed by atoms with E-state index in [1.165, 1.54) is 13.2 Å². The van der Waals surface area contributed by atoms with Crippen LogP contribution < -0.4 is 15.4 Å². The number of hydrogen-bond acceptors (Lipinski definition) is 4. The molecule has 6 nitrogen and oxygen atoms in total. The number of hydrogen-bond donors (Lipinski definition) is 2. The van der Waals surface area contributed by atoms with Crippen molar-refractivity contribution in [3.8, 4) is 5.75 Å². The molecule has 2 N–H and O–H groups in total. The van der Waals surface area contributed by atoms with Crippen LogP contribution in [0.1, 0.15) is 28.8 Å². The lowest BCUT2D eigenvalue weighted by Crippen LogP contribution is -2.47. The maximum Gasteiger partial charge on any atom is 0.251 e. The van der Waals surface area contributed by atoms with E-state index < -0.39 is 0 Å². The van der Waals surface area contributed by atoms with Gasteiger partial charge in [0.2, 0.25) is 5.91 Å². The van der Waals surface area contributed by atoms with E-state index in [0.717, 1.165) is 31.5 Å². The Kier molecular flexibility index (Phi) is 7.65. The van der Waals surface area contributed by atoms with Crippen molar-refractivity contribution in [2.24, 2.45) is 0 Å². The molecule has 0 aliphatic carbocycles. The van der Waals surface area contributed by atoms with Crippen LogP contribution in [0.4, 0.5) is 4.39 Å². The number of rotatable bonds is 7. The number of ether oxygens (including phenoxy) is 1. The second-order valence-corrected chi connectivity index (χ2v) is 7.72. The van der Waals surface area contributed by atoms with Crippen molar-refractivity contribution < 1.29 is 18.7 Å². The number of likely N-dealkylation sites (tertiary alicyclic amines) is 1. The number of benzene rings is 2. The molecule has 1 aliphatic heterocycles. The first-order valence-corrected chi connectivity index (χ1v) is 10.2. The zero-order valence-electron chi connectivity index (χ0n) is 16.8. The Bertz CT molecular complexity index is 901. The first-order valence-electron chi connectivity index (χ1n) is 9.82. The third-order valence-corrected chi connectivity index (χ3v) is 5.31. The molecule has 2 aromatic rings. The number of amides is 2. The Morgan fingerprint density at radius 1 is 1.20 bits per heavy atom. The second-order valence-electron chi connectivity index (χ2n) is 7.28. The fourth-order valence-corrected chi connectivity index (χ4v) is 3.66. The minimum absolute atomic E-state index is 0.0597. The number of halogens is 2. The predicted molar refractivity (Wildman–Crippen MR) is 113 cm³/mol. The van der Waals surface area contributed by atoms with Gasteiger partial charge in [-0.3, -0.25) is 14.5 Å². The first-order chi connectivity index (χ1) is 14.4. The summed E-state index contributed by atoms with van der Waals surface area (Å²) in [6.07, 6.45) is 1.60. The molecule has 2 amide bonds. The van der Waals surface area contributed by atoms with Crippen molar-refractivity contribution in [1.29, 1.82) is 0 Å². The third-order valence-electron chi connectivity index (χ3n) is 5.07. The summed E-state index contributed by atoms with van der Waals surface area (Å²) in [5.74, 6) is -0.685. The predicted octanol–water partition coefficient (Wildman–Crippen LogP) is 3.00. The average molecular weight is 434 g/mol. The standard InChI is InChI=1S/C22H25ClFN3O3/c1-30-20-6-5-15(11-19(20)24)14-27-9-7-18(8-10-27)26-21(28)13-25-22(29)16-3-2-4-17(23)12-16/h2-6,11-12,18H,7-10,13-14H2,1H3,(H,25,29)(H,26,28). The molecule has 0 spiro atoms. The summed E-state index contributed by atoms with van der Waals surface area (Å²) in [5.41, 5.74) is 1.30. The minimum atomic E-state index is -0.364. The molecule has 2 aromatic carbocycles. The SMILES string of the molecule is COc1ccc(CN2CCC(NC(=O)CNC(=O)c3cccc(Cl)c3)CC2)cc1F. The number of nitrogens with zero attached hydrogens (tertiary/aromatic N) is 1. The van der Waals surface area contributed by atoms with Gasteiger partial charge in [-0.15, -0.1) is 0 Å². The molecule has 1 aliphatic rings. The summed E-state index contributed by atoms with van der Waals surface area (Å²) >= 11 is 5.88. The lowest BCUT2D eigenvalue weighted by atomic mass is 10.0. The van der Waals surface area contributed by atoms with Crippen LogP contribution >= 0.6 is 11.6 Å². The van der Waals surface area contributed by atoms with Crippen molar-refractivity contribution >= 4 is 23.4 Å². The van der Waals surface area contributed by atoms with Gasteiger partial charge in [-0.2, -0.15) is 0 Å². The number of nitrogens with one attached hydrogen (secondary N) is 2. The van der Waals surface area contributed by atoms with Gasteiger partial charge in [0, 0.05) is 36.3 Å². The Balaban J connectivity index is 1.39. The van der Waals surface area contributed by atoms with Crippen molar-refractivity contribution in [3.63, 3.8) is 0 Å². The highest BCUT2D eigenvalue weighted by Gasteiger charge is 2.21. The Labute approximate surface area is 180 Å². The fourth-order valence-electron chi connectivity index (χ4n) is 3.47. The molecule has 1 heterocycles. The summed E-state index contributed by atoms with van der Waals surface area (Å²) < 4.78 is 18.8. The summed E-state index contributed by atoms with van der Waals surface area (Å²) in [6, 6.07) is 11.6. The molecule has 0 bridgehead atoms. The number of piperidine rings is 1. The van der Waals surface area contributed by atoms with Crippen molar-refractivity contribution in [2.75, 3.05) is 26.7 Å². The van der Waals surface area contributed by atoms with E-state index in [0.29, 0.717) is 17.1 Å². The summed E-state index contributed by atoms with van der Waals surface area (Å²) in [6.45, 7) is 2.16. The molecule has 1 saturated heterocycles. The molecule has 0 aromatic heterocycles. The van der Waals surface area contributed by atoms with E-state index in [2.05, 4.69) is 15.5 Å². The largest absolute Gasteiger partial charge is 0.494 e. The molecule has 0 unspecified atom stereocenters. The Hall–Kier alpha value is -2.64. The van der Waals surface area contributed by atoms with Gasteiger partial charge < -0.3 is 15.4 Å². The van der Waals surface area contributed by atoms with Crippen LogP contribution in [0.15, 0.2) is 42.5 Å². The lowest BCUT2D eigenvalue weighted by Gasteiger charge is -2.32. The molecule has 0 atom stereocenters. The van der Waals surface area contributed by atoms with E-state index in [1.807, 2.05) is 6.07 Å². The van der Waals surface area contributed by atoms with Crippen molar-refractivity contribution in [3.05, 3.63) is 64.4 Å².